The van der Waals surface area contributed by atoms with Crippen LogP contribution in [0, 0.1) is 0 Å². The number of hydrogen-bond donors (Lipinski definition) is 2. The second-order valence-electron chi connectivity index (χ2n) is 4.41. The maximum Gasteiger partial charge on any atom is 0.138 e. The lowest BCUT2D eigenvalue weighted by atomic mass is 10.2. The van der Waals surface area contributed by atoms with Crippen molar-refractivity contribution in [2.75, 3.05) is 7.05 Å². The molecule has 0 spiro atoms. The highest BCUT2D eigenvalue weighted by Gasteiger charge is 2.28. The number of para-hydroxylation sites is 1. The van der Waals surface area contributed by atoms with Crippen LogP contribution in [0.2, 0.25) is 0 Å². The van der Waals surface area contributed by atoms with Crippen molar-refractivity contribution in [2.45, 2.75) is 38.0 Å². The van der Waals surface area contributed by atoms with Gasteiger partial charge in [-0.1, -0.05) is 12.1 Å². The number of rotatable bonds is 4. The highest BCUT2D eigenvalue weighted by atomic mass is 79.9. The fourth-order valence-electron chi connectivity index (χ4n) is 2.21. The maximum absolute atomic E-state index is 9.81. The maximum atomic E-state index is 9.81. The molecule has 1 aromatic rings. The number of aliphatic hydroxyl groups excluding tert-OH is 1. The van der Waals surface area contributed by atoms with E-state index in [9.17, 15) is 5.11 Å². The van der Waals surface area contributed by atoms with Crippen molar-refractivity contribution >= 4 is 15.9 Å². The summed E-state index contributed by atoms with van der Waals surface area (Å²) in [4.78, 5) is 0. The third-order valence-electron chi connectivity index (χ3n) is 3.10. The third-order valence-corrected chi connectivity index (χ3v) is 3.73. The van der Waals surface area contributed by atoms with Crippen molar-refractivity contribution in [3.63, 3.8) is 0 Å². The van der Waals surface area contributed by atoms with Gasteiger partial charge in [-0.2, -0.15) is 0 Å². The van der Waals surface area contributed by atoms with E-state index >= 15 is 0 Å². The molecule has 0 aromatic heterocycles. The van der Waals surface area contributed by atoms with Crippen molar-refractivity contribution in [1.29, 1.82) is 0 Å². The smallest absolute Gasteiger partial charge is 0.138 e. The normalized spacial score (nSPS) is 23.9. The minimum atomic E-state index is -0.329. The molecule has 1 aliphatic rings. The molecule has 0 heterocycles. The topological polar surface area (TPSA) is 41.5 Å². The molecule has 4 heteroatoms. The molecule has 2 N–H and O–H groups in total. The van der Waals surface area contributed by atoms with Gasteiger partial charge >= 0.3 is 0 Å². The molecule has 0 amide bonds. The van der Waals surface area contributed by atoms with Gasteiger partial charge in [0.15, 0.2) is 0 Å². The largest absolute Gasteiger partial charge is 0.486 e. The highest BCUT2D eigenvalue weighted by Crippen LogP contribution is 2.33. The summed E-state index contributed by atoms with van der Waals surface area (Å²) in [5, 5.41) is 12.9. The van der Waals surface area contributed by atoms with Gasteiger partial charge in [-0.25, -0.2) is 0 Å². The van der Waals surface area contributed by atoms with Gasteiger partial charge in [-0.3, -0.25) is 0 Å². The first-order chi connectivity index (χ1) is 8.22. The summed E-state index contributed by atoms with van der Waals surface area (Å²) < 4.78 is 6.91. The van der Waals surface area contributed by atoms with Crippen LogP contribution in [0.5, 0.6) is 5.75 Å². The first kappa shape index (κ1) is 12.9. The van der Waals surface area contributed by atoms with E-state index in [0.717, 1.165) is 41.6 Å². The van der Waals surface area contributed by atoms with E-state index < -0.39 is 0 Å². The molecule has 1 aromatic carbocycles. The SMILES string of the molecule is CNCc1cccc(Br)c1OC1CCCC1O. The first-order valence-electron chi connectivity index (χ1n) is 5.99. The van der Waals surface area contributed by atoms with E-state index in [-0.39, 0.29) is 12.2 Å². The predicted octanol–water partition coefficient (Wildman–Crippen LogP) is 2.46. The molecule has 1 fully saturated rings. The third kappa shape index (κ3) is 3.00. The Balaban J connectivity index is 2.18. The zero-order valence-electron chi connectivity index (χ0n) is 9.95. The Morgan fingerprint density at radius 1 is 1.47 bits per heavy atom. The summed E-state index contributed by atoms with van der Waals surface area (Å²) in [6.45, 7) is 0.761. The van der Waals surface area contributed by atoms with Crippen LogP contribution < -0.4 is 10.1 Å². The molecule has 17 heavy (non-hydrogen) atoms. The monoisotopic (exact) mass is 299 g/mol. The number of nitrogens with one attached hydrogen (secondary N) is 1. The Bertz CT molecular complexity index is 384. The lowest BCUT2D eigenvalue weighted by Gasteiger charge is -2.20. The fraction of sp³-hybridized carbons (Fsp3) is 0.538. The zero-order chi connectivity index (χ0) is 12.3. The standard InChI is InChI=1S/C13H18BrNO2/c1-15-8-9-4-2-5-10(14)13(9)17-12-7-3-6-11(12)16/h2,4-5,11-12,15-16H,3,6-8H2,1H3. The molecule has 2 atom stereocenters. The van der Waals surface area contributed by atoms with Gasteiger partial charge in [-0.05, 0) is 48.3 Å². The summed E-state index contributed by atoms with van der Waals surface area (Å²) in [5.74, 6) is 0.854. The van der Waals surface area contributed by atoms with Crippen LogP contribution in [0.15, 0.2) is 22.7 Å². The molecule has 0 bridgehead atoms. The van der Waals surface area contributed by atoms with E-state index in [0.29, 0.717) is 0 Å². The van der Waals surface area contributed by atoms with E-state index in [2.05, 4.69) is 21.2 Å². The van der Waals surface area contributed by atoms with Gasteiger partial charge in [0.25, 0.3) is 0 Å². The van der Waals surface area contributed by atoms with Gasteiger partial charge in [0, 0.05) is 12.1 Å². The van der Waals surface area contributed by atoms with Crippen LogP contribution in [-0.2, 0) is 6.54 Å². The molecule has 0 aliphatic heterocycles. The lowest BCUT2D eigenvalue weighted by molar-refractivity contribution is 0.0592. The summed E-state index contributed by atoms with van der Waals surface area (Å²) in [6, 6.07) is 6.00. The quantitative estimate of drug-likeness (QED) is 0.897. The fourth-order valence-corrected chi connectivity index (χ4v) is 2.71. The van der Waals surface area contributed by atoms with E-state index in [1.807, 2.05) is 25.2 Å². The second kappa shape index (κ2) is 5.85. The first-order valence-corrected chi connectivity index (χ1v) is 6.78. The van der Waals surface area contributed by atoms with Crippen LogP contribution in [0.1, 0.15) is 24.8 Å². The summed E-state index contributed by atoms with van der Waals surface area (Å²) in [7, 11) is 1.91. The molecular formula is C13H18BrNO2. The van der Waals surface area contributed by atoms with Crippen molar-refractivity contribution < 1.29 is 9.84 Å². The predicted molar refractivity (Wildman–Crippen MR) is 71.2 cm³/mol. The number of ether oxygens (including phenoxy) is 1. The number of hydrogen-bond acceptors (Lipinski definition) is 3. The van der Waals surface area contributed by atoms with Gasteiger partial charge in [-0.15, -0.1) is 0 Å². The zero-order valence-corrected chi connectivity index (χ0v) is 11.5. The average molecular weight is 300 g/mol. The Hall–Kier alpha value is -0.580. The molecule has 94 valence electrons. The average Bonchev–Trinajstić information content (AvgIpc) is 2.70. The number of benzene rings is 1. The molecule has 1 aliphatic carbocycles. The van der Waals surface area contributed by atoms with Crippen LogP contribution in [0.25, 0.3) is 0 Å². The van der Waals surface area contributed by atoms with Crippen LogP contribution in [0.3, 0.4) is 0 Å². The Labute approximate surface area is 110 Å². The van der Waals surface area contributed by atoms with Crippen molar-refractivity contribution in [3.8, 4) is 5.75 Å². The van der Waals surface area contributed by atoms with E-state index in [1.165, 1.54) is 0 Å². The summed E-state index contributed by atoms with van der Waals surface area (Å²) in [6.07, 6.45) is 2.42. The molecule has 2 unspecified atom stereocenters. The summed E-state index contributed by atoms with van der Waals surface area (Å²) >= 11 is 3.51. The lowest BCUT2D eigenvalue weighted by Crippen LogP contribution is -2.26. The van der Waals surface area contributed by atoms with Gasteiger partial charge in [0.1, 0.15) is 11.9 Å². The summed E-state index contributed by atoms with van der Waals surface area (Å²) in [5.41, 5.74) is 1.11. The minimum absolute atomic E-state index is 0.0655. The molecule has 0 radical (unpaired) electrons. The Kier molecular flexibility index (Phi) is 4.42. The van der Waals surface area contributed by atoms with E-state index in [4.69, 9.17) is 4.74 Å². The minimum Gasteiger partial charge on any atom is -0.486 e. The Morgan fingerprint density at radius 3 is 2.94 bits per heavy atom. The van der Waals surface area contributed by atoms with Crippen LogP contribution >= 0.6 is 15.9 Å². The van der Waals surface area contributed by atoms with Gasteiger partial charge in [0.2, 0.25) is 0 Å². The van der Waals surface area contributed by atoms with Crippen LogP contribution in [0.4, 0.5) is 0 Å². The highest BCUT2D eigenvalue weighted by molar-refractivity contribution is 9.10. The molecular weight excluding hydrogens is 282 g/mol. The number of halogens is 1. The second-order valence-corrected chi connectivity index (χ2v) is 5.27. The number of aliphatic hydroxyl groups is 1. The van der Waals surface area contributed by atoms with Crippen molar-refractivity contribution in [2.24, 2.45) is 0 Å². The van der Waals surface area contributed by atoms with Crippen molar-refractivity contribution in [1.82, 2.24) is 5.32 Å². The van der Waals surface area contributed by atoms with Gasteiger partial charge in [0.05, 0.1) is 10.6 Å². The Morgan fingerprint density at radius 2 is 2.29 bits per heavy atom. The van der Waals surface area contributed by atoms with Crippen LogP contribution in [-0.4, -0.2) is 24.4 Å². The molecule has 1 saturated carbocycles. The molecule has 2 rings (SSSR count). The van der Waals surface area contributed by atoms with E-state index in [1.54, 1.807) is 0 Å². The van der Waals surface area contributed by atoms with Crippen molar-refractivity contribution in [3.05, 3.63) is 28.2 Å². The molecule has 0 saturated heterocycles. The van der Waals surface area contributed by atoms with Gasteiger partial charge < -0.3 is 15.2 Å². The molecule has 3 nitrogen and oxygen atoms in total.